The van der Waals surface area contributed by atoms with E-state index in [-0.39, 0.29) is 11.7 Å². The molecular formula is C11H11BrFN3. The third kappa shape index (κ3) is 2.14. The van der Waals surface area contributed by atoms with Crippen molar-refractivity contribution in [1.29, 1.82) is 0 Å². The van der Waals surface area contributed by atoms with E-state index in [0.29, 0.717) is 16.7 Å². The highest BCUT2D eigenvalue weighted by atomic mass is 79.9. The van der Waals surface area contributed by atoms with Crippen LogP contribution in [0, 0.1) is 11.7 Å². The van der Waals surface area contributed by atoms with E-state index in [1.807, 2.05) is 6.92 Å². The van der Waals surface area contributed by atoms with Gasteiger partial charge >= 0.3 is 0 Å². The molecule has 0 aliphatic carbocycles. The minimum Gasteiger partial charge on any atom is -0.386 e. The zero-order valence-electron chi connectivity index (χ0n) is 8.74. The van der Waals surface area contributed by atoms with Crippen LogP contribution in [0.25, 0.3) is 0 Å². The van der Waals surface area contributed by atoms with E-state index in [1.54, 1.807) is 12.1 Å². The van der Waals surface area contributed by atoms with Crippen LogP contribution in [0.3, 0.4) is 0 Å². The van der Waals surface area contributed by atoms with Crippen LogP contribution in [0.2, 0.25) is 0 Å². The van der Waals surface area contributed by atoms with Crippen molar-refractivity contribution in [3.05, 3.63) is 34.1 Å². The predicted octanol–water partition coefficient (Wildman–Crippen LogP) is 2.69. The number of rotatable bonds is 1. The molecule has 0 spiro atoms. The Balaban J connectivity index is 2.41. The van der Waals surface area contributed by atoms with Crippen molar-refractivity contribution in [3.8, 4) is 0 Å². The maximum atomic E-state index is 13.1. The Morgan fingerprint density at radius 1 is 1.44 bits per heavy atom. The van der Waals surface area contributed by atoms with Gasteiger partial charge in [0.25, 0.3) is 0 Å². The van der Waals surface area contributed by atoms with Gasteiger partial charge in [-0.1, -0.05) is 13.0 Å². The van der Waals surface area contributed by atoms with Gasteiger partial charge in [-0.15, -0.1) is 5.10 Å². The van der Waals surface area contributed by atoms with Crippen molar-refractivity contribution in [2.45, 2.75) is 13.3 Å². The molecule has 1 heterocycles. The number of nitrogens with two attached hydrogens (primary N) is 1. The largest absolute Gasteiger partial charge is 0.386 e. The Kier molecular flexibility index (Phi) is 3.05. The van der Waals surface area contributed by atoms with Gasteiger partial charge in [0.05, 0.1) is 10.2 Å². The molecule has 16 heavy (non-hydrogen) atoms. The molecule has 0 aromatic heterocycles. The fourth-order valence-corrected chi connectivity index (χ4v) is 2.04. The van der Waals surface area contributed by atoms with Gasteiger partial charge < -0.3 is 5.73 Å². The molecule has 1 atom stereocenters. The normalized spacial score (nSPS) is 20.3. The van der Waals surface area contributed by atoms with Gasteiger partial charge in [-0.05, 0) is 33.6 Å². The van der Waals surface area contributed by atoms with E-state index in [2.05, 4.69) is 26.1 Å². The van der Waals surface area contributed by atoms with E-state index in [1.165, 1.54) is 6.07 Å². The van der Waals surface area contributed by atoms with Crippen LogP contribution in [0.4, 0.5) is 4.39 Å². The molecule has 3 nitrogen and oxygen atoms in total. The molecule has 0 saturated carbocycles. The van der Waals surface area contributed by atoms with Gasteiger partial charge in [-0.3, -0.25) is 0 Å². The highest BCUT2D eigenvalue weighted by molar-refractivity contribution is 9.10. The highest BCUT2D eigenvalue weighted by Gasteiger charge is 2.19. The lowest BCUT2D eigenvalue weighted by atomic mass is 9.94. The number of hydrogen-bond acceptors (Lipinski definition) is 3. The van der Waals surface area contributed by atoms with Crippen LogP contribution in [0.1, 0.15) is 18.9 Å². The highest BCUT2D eigenvalue weighted by Crippen LogP contribution is 2.22. The van der Waals surface area contributed by atoms with Crippen molar-refractivity contribution in [2.75, 3.05) is 0 Å². The summed E-state index contributed by atoms with van der Waals surface area (Å²) in [7, 11) is 0. The molecule has 2 rings (SSSR count). The molecule has 1 unspecified atom stereocenters. The average Bonchev–Trinajstić information content (AvgIpc) is 2.22. The van der Waals surface area contributed by atoms with Crippen molar-refractivity contribution >= 4 is 27.5 Å². The van der Waals surface area contributed by atoms with Crippen molar-refractivity contribution in [2.24, 2.45) is 21.9 Å². The summed E-state index contributed by atoms with van der Waals surface area (Å²) in [5, 5.41) is 7.93. The molecule has 84 valence electrons. The third-order valence-electron chi connectivity index (χ3n) is 2.48. The Bertz CT molecular complexity index is 482. The topological polar surface area (TPSA) is 50.7 Å². The van der Waals surface area contributed by atoms with Gasteiger partial charge in [-0.2, -0.15) is 5.10 Å². The number of amidine groups is 1. The molecular weight excluding hydrogens is 273 g/mol. The smallest absolute Gasteiger partial charge is 0.137 e. The second kappa shape index (κ2) is 4.33. The quantitative estimate of drug-likeness (QED) is 0.847. The number of benzene rings is 1. The summed E-state index contributed by atoms with van der Waals surface area (Å²) in [6.45, 7) is 2.03. The monoisotopic (exact) mass is 283 g/mol. The summed E-state index contributed by atoms with van der Waals surface area (Å²) in [6, 6.07) is 4.82. The van der Waals surface area contributed by atoms with Gasteiger partial charge in [-0.25, -0.2) is 4.39 Å². The molecule has 1 aromatic rings. The van der Waals surface area contributed by atoms with Gasteiger partial charge in [0.1, 0.15) is 11.7 Å². The molecule has 0 bridgehead atoms. The Hall–Kier alpha value is -1.23. The molecule has 0 saturated heterocycles. The fourth-order valence-electron chi connectivity index (χ4n) is 1.67. The van der Waals surface area contributed by atoms with E-state index < -0.39 is 0 Å². The first kappa shape index (κ1) is 11.3. The Labute approximate surface area is 101 Å². The fraction of sp³-hybridized carbons (Fsp3) is 0.273. The molecule has 0 radical (unpaired) electrons. The summed E-state index contributed by atoms with van der Waals surface area (Å²) < 4.78 is 13.5. The minimum atomic E-state index is -0.282. The lowest BCUT2D eigenvalue weighted by Crippen LogP contribution is -2.25. The van der Waals surface area contributed by atoms with Crippen LogP contribution in [0.15, 0.2) is 32.9 Å². The summed E-state index contributed by atoms with van der Waals surface area (Å²) in [5.41, 5.74) is 7.31. The average molecular weight is 284 g/mol. The zero-order chi connectivity index (χ0) is 11.7. The minimum absolute atomic E-state index is 0.204. The van der Waals surface area contributed by atoms with Crippen LogP contribution in [-0.4, -0.2) is 11.5 Å². The predicted molar refractivity (Wildman–Crippen MR) is 66.0 cm³/mol. The second-order valence-corrected chi connectivity index (χ2v) is 4.66. The lowest BCUT2D eigenvalue weighted by molar-refractivity contribution is 0.621. The van der Waals surface area contributed by atoms with Crippen LogP contribution in [-0.2, 0) is 0 Å². The first-order valence-corrected chi connectivity index (χ1v) is 5.72. The molecule has 1 aromatic carbocycles. The number of hydrogen-bond donors (Lipinski definition) is 1. The standard InChI is InChI=1S/C11H11BrFN3/c1-6-4-10(14)15-16-11(6)7-2-3-9(13)8(12)5-7/h2-3,5-6H,4H2,1H3,(H2,14,15). The first-order chi connectivity index (χ1) is 7.58. The zero-order valence-corrected chi connectivity index (χ0v) is 10.3. The maximum absolute atomic E-state index is 13.1. The van der Waals surface area contributed by atoms with Crippen LogP contribution in [0.5, 0.6) is 0 Å². The van der Waals surface area contributed by atoms with Crippen molar-refractivity contribution in [1.82, 2.24) is 0 Å². The molecule has 1 aliphatic rings. The molecule has 0 fully saturated rings. The third-order valence-corrected chi connectivity index (χ3v) is 3.09. The van der Waals surface area contributed by atoms with Gasteiger partial charge in [0.15, 0.2) is 0 Å². The van der Waals surface area contributed by atoms with Crippen LogP contribution < -0.4 is 5.73 Å². The summed E-state index contributed by atoms with van der Waals surface area (Å²) in [4.78, 5) is 0. The van der Waals surface area contributed by atoms with Crippen molar-refractivity contribution in [3.63, 3.8) is 0 Å². The number of halogens is 2. The van der Waals surface area contributed by atoms with E-state index in [9.17, 15) is 4.39 Å². The van der Waals surface area contributed by atoms with E-state index in [0.717, 1.165) is 11.3 Å². The lowest BCUT2D eigenvalue weighted by Gasteiger charge is -2.17. The summed E-state index contributed by atoms with van der Waals surface area (Å²) in [5.74, 6) is 0.461. The van der Waals surface area contributed by atoms with Crippen molar-refractivity contribution < 1.29 is 4.39 Å². The Morgan fingerprint density at radius 3 is 2.81 bits per heavy atom. The van der Waals surface area contributed by atoms with Crippen LogP contribution >= 0.6 is 15.9 Å². The second-order valence-electron chi connectivity index (χ2n) is 3.81. The number of nitrogens with zero attached hydrogens (tertiary/aromatic N) is 2. The van der Waals surface area contributed by atoms with E-state index >= 15 is 0 Å². The molecule has 2 N–H and O–H groups in total. The molecule has 5 heteroatoms. The van der Waals surface area contributed by atoms with Gasteiger partial charge in [0.2, 0.25) is 0 Å². The first-order valence-electron chi connectivity index (χ1n) is 4.93. The SMILES string of the molecule is CC1CC(N)=NN=C1c1ccc(F)c(Br)c1. The Morgan fingerprint density at radius 2 is 2.19 bits per heavy atom. The summed E-state index contributed by atoms with van der Waals surface area (Å²) >= 11 is 3.15. The van der Waals surface area contributed by atoms with Gasteiger partial charge in [0, 0.05) is 12.3 Å². The molecule has 0 amide bonds. The summed E-state index contributed by atoms with van der Waals surface area (Å²) in [6.07, 6.45) is 0.688. The maximum Gasteiger partial charge on any atom is 0.137 e. The van der Waals surface area contributed by atoms with E-state index in [4.69, 9.17) is 5.73 Å². The molecule has 1 aliphatic heterocycles.